The molecule has 1 heterocycles. The van der Waals surface area contributed by atoms with Crippen LogP contribution < -0.4 is 0 Å². The molecule has 15 heavy (non-hydrogen) atoms. The SMILES string of the molecule is O/C(=C\c1ccncn1)c1ccccc1. The molecule has 3 heteroatoms. The molecule has 0 unspecified atom stereocenters. The van der Waals surface area contributed by atoms with Crippen LogP contribution in [0.25, 0.3) is 11.8 Å². The van der Waals surface area contributed by atoms with Crippen LogP contribution in [0.5, 0.6) is 0 Å². The van der Waals surface area contributed by atoms with Gasteiger partial charge < -0.3 is 5.11 Å². The highest BCUT2D eigenvalue weighted by Crippen LogP contribution is 2.13. The summed E-state index contributed by atoms with van der Waals surface area (Å²) in [5.41, 5.74) is 1.46. The highest BCUT2D eigenvalue weighted by atomic mass is 16.3. The quantitative estimate of drug-likeness (QED) is 0.754. The molecule has 0 fully saturated rings. The Balaban J connectivity index is 2.29. The Morgan fingerprint density at radius 3 is 2.60 bits per heavy atom. The molecule has 0 atom stereocenters. The minimum Gasteiger partial charge on any atom is -0.507 e. The molecule has 0 aliphatic rings. The summed E-state index contributed by atoms with van der Waals surface area (Å²) < 4.78 is 0. The Morgan fingerprint density at radius 1 is 1.13 bits per heavy atom. The van der Waals surface area contributed by atoms with Crippen molar-refractivity contribution in [3.05, 3.63) is 60.2 Å². The van der Waals surface area contributed by atoms with E-state index in [1.807, 2.05) is 30.3 Å². The first kappa shape index (κ1) is 9.40. The molecule has 0 aliphatic carbocycles. The maximum Gasteiger partial charge on any atom is 0.124 e. The highest BCUT2D eigenvalue weighted by molar-refractivity contribution is 5.74. The summed E-state index contributed by atoms with van der Waals surface area (Å²) in [6.45, 7) is 0. The molecule has 2 aromatic rings. The predicted octanol–water partition coefficient (Wildman–Crippen LogP) is 2.53. The van der Waals surface area contributed by atoms with Crippen LogP contribution in [0.2, 0.25) is 0 Å². The van der Waals surface area contributed by atoms with Crippen molar-refractivity contribution in [2.75, 3.05) is 0 Å². The van der Waals surface area contributed by atoms with E-state index in [0.717, 1.165) is 5.56 Å². The number of rotatable bonds is 2. The summed E-state index contributed by atoms with van der Waals surface area (Å²) in [7, 11) is 0. The van der Waals surface area contributed by atoms with Crippen molar-refractivity contribution in [2.24, 2.45) is 0 Å². The van der Waals surface area contributed by atoms with E-state index >= 15 is 0 Å². The van der Waals surface area contributed by atoms with E-state index in [-0.39, 0.29) is 5.76 Å². The topological polar surface area (TPSA) is 46.0 Å². The Labute approximate surface area is 87.8 Å². The van der Waals surface area contributed by atoms with Crippen molar-refractivity contribution in [3.63, 3.8) is 0 Å². The average Bonchev–Trinajstić information content (AvgIpc) is 2.31. The van der Waals surface area contributed by atoms with Crippen LogP contribution in [-0.4, -0.2) is 15.1 Å². The molecule has 0 saturated carbocycles. The maximum absolute atomic E-state index is 9.77. The fourth-order valence-corrected chi connectivity index (χ4v) is 1.22. The molecule has 3 nitrogen and oxygen atoms in total. The fraction of sp³-hybridized carbons (Fsp3) is 0. The van der Waals surface area contributed by atoms with Gasteiger partial charge in [0.15, 0.2) is 0 Å². The molecule has 0 spiro atoms. The van der Waals surface area contributed by atoms with E-state index in [0.29, 0.717) is 5.69 Å². The monoisotopic (exact) mass is 198 g/mol. The van der Waals surface area contributed by atoms with Crippen LogP contribution in [-0.2, 0) is 0 Å². The van der Waals surface area contributed by atoms with Crippen molar-refractivity contribution in [1.29, 1.82) is 0 Å². The van der Waals surface area contributed by atoms with Crippen LogP contribution in [0.3, 0.4) is 0 Å². The van der Waals surface area contributed by atoms with Gasteiger partial charge in [0.25, 0.3) is 0 Å². The Morgan fingerprint density at radius 2 is 1.93 bits per heavy atom. The molecule has 0 bridgehead atoms. The van der Waals surface area contributed by atoms with Crippen LogP contribution >= 0.6 is 0 Å². The molecule has 1 aromatic carbocycles. The van der Waals surface area contributed by atoms with E-state index in [1.54, 1.807) is 18.3 Å². The second-order valence-corrected chi connectivity index (χ2v) is 3.03. The molecule has 2 rings (SSSR count). The first-order valence-electron chi connectivity index (χ1n) is 4.58. The summed E-state index contributed by atoms with van der Waals surface area (Å²) >= 11 is 0. The maximum atomic E-state index is 9.77. The lowest BCUT2D eigenvalue weighted by Gasteiger charge is -1.98. The van der Waals surface area contributed by atoms with E-state index in [9.17, 15) is 5.11 Å². The van der Waals surface area contributed by atoms with Crippen LogP contribution in [0.1, 0.15) is 11.3 Å². The molecule has 1 aromatic heterocycles. The highest BCUT2D eigenvalue weighted by Gasteiger charge is 1.97. The zero-order valence-electron chi connectivity index (χ0n) is 8.04. The predicted molar refractivity (Wildman–Crippen MR) is 59.0 cm³/mol. The zero-order valence-corrected chi connectivity index (χ0v) is 8.04. The Hall–Kier alpha value is -2.16. The molecule has 74 valence electrons. The largest absolute Gasteiger partial charge is 0.507 e. The summed E-state index contributed by atoms with van der Waals surface area (Å²) in [5.74, 6) is 0.203. The van der Waals surface area contributed by atoms with Crippen molar-refractivity contribution >= 4 is 11.8 Å². The first-order valence-corrected chi connectivity index (χ1v) is 4.58. The number of aliphatic hydroxyl groups excluding tert-OH is 1. The summed E-state index contributed by atoms with van der Waals surface area (Å²) in [6, 6.07) is 11.1. The smallest absolute Gasteiger partial charge is 0.124 e. The van der Waals surface area contributed by atoms with Gasteiger partial charge in [-0.3, -0.25) is 0 Å². The van der Waals surface area contributed by atoms with Gasteiger partial charge in [0.1, 0.15) is 12.1 Å². The molecular formula is C12H10N2O. The first-order chi connectivity index (χ1) is 7.36. The number of aliphatic hydroxyl groups is 1. The van der Waals surface area contributed by atoms with Gasteiger partial charge >= 0.3 is 0 Å². The number of aromatic nitrogens is 2. The zero-order chi connectivity index (χ0) is 10.5. The standard InChI is InChI=1S/C12H10N2O/c15-12(10-4-2-1-3-5-10)8-11-6-7-13-9-14-11/h1-9,15H/b12-8-. The lowest BCUT2D eigenvalue weighted by molar-refractivity contribution is 0.515. The van der Waals surface area contributed by atoms with Crippen LogP contribution in [0.15, 0.2) is 48.9 Å². The van der Waals surface area contributed by atoms with Gasteiger partial charge in [0.05, 0.1) is 5.69 Å². The number of nitrogens with zero attached hydrogens (tertiary/aromatic N) is 2. The van der Waals surface area contributed by atoms with Crippen molar-refractivity contribution in [1.82, 2.24) is 9.97 Å². The molecular weight excluding hydrogens is 188 g/mol. The molecule has 0 amide bonds. The Bertz CT molecular complexity index is 452. The van der Waals surface area contributed by atoms with Crippen LogP contribution in [0.4, 0.5) is 0 Å². The van der Waals surface area contributed by atoms with E-state index in [1.165, 1.54) is 6.33 Å². The summed E-state index contributed by atoms with van der Waals surface area (Å²) in [5, 5.41) is 9.77. The molecule has 0 saturated heterocycles. The van der Waals surface area contributed by atoms with Gasteiger partial charge in [0.2, 0.25) is 0 Å². The number of hydrogen-bond acceptors (Lipinski definition) is 3. The Kier molecular flexibility index (Phi) is 2.74. The third-order valence-corrected chi connectivity index (χ3v) is 1.96. The fourth-order valence-electron chi connectivity index (χ4n) is 1.22. The third kappa shape index (κ3) is 2.40. The number of benzene rings is 1. The second-order valence-electron chi connectivity index (χ2n) is 3.03. The lowest BCUT2D eigenvalue weighted by Crippen LogP contribution is -1.85. The minimum absolute atomic E-state index is 0.203. The van der Waals surface area contributed by atoms with Crippen molar-refractivity contribution < 1.29 is 5.11 Å². The number of hydrogen-bond donors (Lipinski definition) is 1. The average molecular weight is 198 g/mol. The van der Waals surface area contributed by atoms with Gasteiger partial charge in [-0.15, -0.1) is 0 Å². The third-order valence-electron chi connectivity index (χ3n) is 1.96. The summed E-state index contributed by atoms with van der Waals surface area (Å²) in [4.78, 5) is 7.80. The van der Waals surface area contributed by atoms with Gasteiger partial charge in [-0.05, 0) is 6.07 Å². The van der Waals surface area contributed by atoms with E-state index < -0.39 is 0 Å². The molecule has 0 radical (unpaired) electrons. The van der Waals surface area contributed by atoms with Gasteiger partial charge in [0, 0.05) is 17.8 Å². The van der Waals surface area contributed by atoms with Gasteiger partial charge in [-0.2, -0.15) is 0 Å². The van der Waals surface area contributed by atoms with Crippen molar-refractivity contribution in [3.8, 4) is 0 Å². The second kappa shape index (κ2) is 4.37. The lowest BCUT2D eigenvalue weighted by atomic mass is 10.1. The molecule has 0 aliphatic heterocycles. The van der Waals surface area contributed by atoms with Crippen LogP contribution in [0, 0.1) is 0 Å². The van der Waals surface area contributed by atoms with Gasteiger partial charge in [-0.25, -0.2) is 9.97 Å². The molecule has 1 N–H and O–H groups in total. The van der Waals surface area contributed by atoms with E-state index in [2.05, 4.69) is 9.97 Å². The van der Waals surface area contributed by atoms with Gasteiger partial charge in [-0.1, -0.05) is 30.3 Å². The normalized spacial score (nSPS) is 11.3. The van der Waals surface area contributed by atoms with E-state index in [4.69, 9.17) is 0 Å². The van der Waals surface area contributed by atoms with Crippen molar-refractivity contribution in [2.45, 2.75) is 0 Å². The summed E-state index contributed by atoms with van der Waals surface area (Å²) in [6.07, 6.45) is 4.69. The minimum atomic E-state index is 0.203.